The summed E-state index contributed by atoms with van der Waals surface area (Å²) in [7, 11) is 0. The summed E-state index contributed by atoms with van der Waals surface area (Å²) < 4.78 is 4.98. The first-order valence-corrected chi connectivity index (χ1v) is 6.68. The molecule has 2 N–H and O–H groups in total. The van der Waals surface area contributed by atoms with E-state index in [-0.39, 0.29) is 0 Å². The second-order valence-electron chi connectivity index (χ2n) is 5.34. The molecule has 0 amide bonds. The Balaban J connectivity index is 2.20. The van der Waals surface area contributed by atoms with Gasteiger partial charge in [-0.3, -0.25) is 0 Å². The Morgan fingerprint density at radius 3 is 2.60 bits per heavy atom. The Labute approximate surface area is 117 Å². The standard InChI is InChI=1S/C16H17N3O/c1-9(2)11-4-5-12-6-13(14-8-20-19-10(14)3)16(17)18-15(12)7-11/h4-9H,1-3H3,(H2,17,18). The van der Waals surface area contributed by atoms with E-state index in [1.807, 2.05) is 13.0 Å². The number of pyridine rings is 1. The molecule has 0 aliphatic carbocycles. The summed E-state index contributed by atoms with van der Waals surface area (Å²) in [6.07, 6.45) is 1.61. The van der Waals surface area contributed by atoms with Gasteiger partial charge in [0.05, 0.1) is 11.2 Å². The molecule has 0 radical (unpaired) electrons. The van der Waals surface area contributed by atoms with Crippen molar-refractivity contribution in [2.24, 2.45) is 0 Å². The van der Waals surface area contributed by atoms with Gasteiger partial charge in [0, 0.05) is 16.5 Å². The van der Waals surface area contributed by atoms with Crippen molar-refractivity contribution in [1.82, 2.24) is 10.1 Å². The first-order valence-electron chi connectivity index (χ1n) is 6.68. The molecule has 3 rings (SSSR count). The number of benzene rings is 1. The summed E-state index contributed by atoms with van der Waals surface area (Å²) >= 11 is 0. The molecule has 102 valence electrons. The van der Waals surface area contributed by atoms with Gasteiger partial charge in [0.1, 0.15) is 12.1 Å². The van der Waals surface area contributed by atoms with Crippen LogP contribution in [-0.4, -0.2) is 10.1 Å². The minimum atomic E-state index is 0.474. The fraction of sp³-hybridized carbons (Fsp3) is 0.250. The van der Waals surface area contributed by atoms with Crippen molar-refractivity contribution < 1.29 is 4.52 Å². The van der Waals surface area contributed by atoms with E-state index in [2.05, 4.69) is 42.2 Å². The minimum absolute atomic E-state index is 0.474. The van der Waals surface area contributed by atoms with E-state index in [0.717, 1.165) is 27.7 Å². The molecule has 0 unspecified atom stereocenters. The van der Waals surface area contributed by atoms with Crippen molar-refractivity contribution in [2.45, 2.75) is 26.7 Å². The van der Waals surface area contributed by atoms with E-state index in [1.165, 1.54) is 5.56 Å². The highest BCUT2D eigenvalue weighted by Crippen LogP contribution is 2.31. The van der Waals surface area contributed by atoms with E-state index in [1.54, 1.807) is 6.26 Å². The summed E-state index contributed by atoms with van der Waals surface area (Å²) in [5, 5.41) is 4.96. The van der Waals surface area contributed by atoms with Crippen LogP contribution in [0.1, 0.15) is 31.0 Å². The van der Waals surface area contributed by atoms with Gasteiger partial charge in [-0.15, -0.1) is 0 Å². The maximum Gasteiger partial charge on any atom is 0.132 e. The van der Waals surface area contributed by atoms with Crippen LogP contribution in [-0.2, 0) is 0 Å². The van der Waals surface area contributed by atoms with Crippen molar-refractivity contribution in [3.8, 4) is 11.1 Å². The lowest BCUT2D eigenvalue weighted by Gasteiger charge is -2.09. The number of nitrogens with zero attached hydrogens (tertiary/aromatic N) is 2. The van der Waals surface area contributed by atoms with E-state index in [9.17, 15) is 0 Å². The fourth-order valence-corrected chi connectivity index (χ4v) is 2.32. The third-order valence-corrected chi connectivity index (χ3v) is 3.58. The van der Waals surface area contributed by atoms with Gasteiger partial charge in [-0.2, -0.15) is 0 Å². The monoisotopic (exact) mass is 267 g/mol. The summed E-state index contributed by atoms with van der Waals surface area (Å²) in [4.78, 5) is 4.52. The van der Waals surface area contributed by atoms with Crippen molar-refractivity contribution in [1.29, 1.82) is 0 Å². The van der Waals surface area contributed by atoms with Gasteiger partial charge in [0.2, 0.25) is 0 Å². The van der Waals surface area contributed by atoms with Gasteiger partial charge in [-0.05, 0) is 30.5 Å². The summed E-state index contributed by atoms with van der Waals surface area (Å²) in [6, 6.07) is 8.36. The molecule has 1 aromatic carbocycles. The SMILES string of the molecule is Cc1nocc1-c1cc2ccc(C(C)C)cc2nc1N. The third-order valence-electron chi connectivity index (χ3n) is 3.58. The molecule has 0 spiro atoms. The van der Waals surface area contributed by atoms with E-state index >= 15 is 0 Å². The van der Waals surface area contributed by atoms with Gasteiger partial charge in [-0.1, -0.05) is 31.1 Å². The van der Waals surface area contributed by atoms with Gasteiger partial charge in [0.15, 0.2) is 0 Å². The molecule has 0 aliphatic heterocycles. The Hall–Kier alpha value is -2.36. The number of fused-ring (bicyclic) bond motifs is 1. The predicted molar refractivity (Wildman–Crippen MR) is 80.5 cm³/mol. The number of hydrogen-bond acceptors (Lipinski definition) is 4. The number of aromatic nitrogens is 2. The number of anilines is 1. The smallest absolute Gasteiger partial charge is 0.132 e. The number of rotatable bonds is 2. The molecule has 4 heteroatoms. The molecule has 0 saturated heterocycles. The van der Waals surface area contributed by atoms with Gasteiger partial charge >= 0.3 is 0 Å². The van der Waals surface area contributed by atoms with Gasteiger partial charge < -0.3 is 10.3 Å². The maximum absolute atomic E-state index is 6.09. The average molecular weight is 267 g/mol. The van der Waals surface area contributed by atoms with Gasteiger partial charge in [-0.25, -0.2) is 4.98 Å². The van der Waals surface area contributed by atoms with Crippen molar-refractivity contribution in [3.05, 3.63) is 41.8 Å². The maximum atomic E-state index is 6.09. The molecule has 0 fully saturated rings. The Kier molecular flexibility index (Phi) is 2.93. The summed E-state index contributed by atoms with van der Waals surface area (Å²) in [6.45, 7) is 6.23. The highest BCUT2D eigenvalue weighted by molar-refractivity contribution is 5.89. The Bertz CT molecular complexity index is 774. The number of nitrogens with two attached hydrogens (primary N) is 1. The van der Waals surface area contributed by atoms with Crippen molar-refractivity contribution in [2.75, 3.05) is 5.73 Å². The number of aryl methyl sites for hydroxylation is 1. The second kappa shape index (κ2) is 4.63. The third kappa shape index (κ3) is 2.03. The minimum Gasteiger partial charge on any atom is -0.383 e. The van der Waals surface area contributed by atoms with E-state index in [0.29, 0.717) is 11.7 Å². The molecule has 0 saturated carbocycles. The lowest BCUT2D eigenvalue weighted by Crippen LogP contribution is -1.96. The highest BCUT2D eigenvalue weighted by atomic mass is 16.5. The molecule has 2 heterocycles. The van der Waals surface area contributed by atoms with Crippen LogP contribution in [0.3, 0.4) is 0 Å². The molecule has 0 atom stereocenters. The number of nitrogen functional groups attached to an aromatic ring is 1. The lowest BCUT2D eigenvalue weighted by molar-refractivity contribution is 0.415. The first kappa shape index (κ1) is 12.7. The summed E-state index contributed by atoms with van der Waals surface area (Å²) in [5.41, 5.74) is 10.9. The molecule has 0 aliphatic rings. The zero-order valence-corrected chi connectivity index (χ0v) is 11.8. The lowest BCUT2D eigenvalue weighted by atomic mass is 9.99. The molecule has 2 aromatic heterocycles. The Morgan fingerprint density at radius 2 is 1.95 bits per heavy atom. The zero-order chi connectivity index (χ0) is 14.3. The Morgan fingerprint density at radius 1 is 1.15 bits per heavy atom. The van der Waals surface area contributed by atoms with Crippen LogP contribution < -0.4 is 5.73 Å². The average Bonchev–Trinajstić information content (AvgIpc) is 2.83. The predicted octanol–water partition coefficient (Wildman–Crippen LogP) is 3.90. The second-order valence-corrected chi connectivity index (χ2v) is 5.34. The van der Waals surface area contributed by atoms with Crippen LogP contribution in [0, 0.1) is 6.92 Å². The van der Waals surface area contributed by atoms with Crippen LogP contribution in [0.4, 0.5) is 5.82 Å². The molecule has 0 bridgehead atoms. The highest BCUT2D eigenvalue weighted by Gasteiger charge is 2.12. The first-order chi connectivity index (χ1) is 9.56. The summed E-state index contributed by atoms with van der Waals surface area (Å²) in [5.74, 6) is 0.979. The quantitative estimate of drug-likeness (QED) is 0.764. The number of hydrogen-bond donors (Lipinski definition) is 1. The zero-order valence-electron chi connectivity index (χ0n) is 11.8. The molecule has 20 heavy (non-hydrogen) atoms. The normalized spacial score (nSPS) is 11.4. The van der Waals surface area contributed by atoms with Crippen LogP contribution >= 0.6 is 0 Å². The topological polar surface area (TPSA) is 64.9 Å². The molecule has 4 nitrogen and oxygen atoms in total. The van der Waals surface area contributed by atoms with Crippen LogP contribution in [0.5, 0.6) is 0 Å². The molecular weight excluding hydrogens is 250 g/mol. The fourth-order valence-electron chi connectivity index (χ4n) is 2.32. The van der Waals surface area contributed by atoms with Crippen LogP contribution in [0.25, 0.3) is 22.0 Å². The van der Waals surface area contributed by atoms with E-state index < -0.39 is 0 Å². The van der Waals surface area contributed by atoms with Crippen LogP contribution in [0.15, 0.2) is 35.1 Å². The van der Waals surface area contributed by atoms with Crippen molar-refractivity contribution in [3.63, 3.8) is 0 Å². The van der Waals surface area contributed by atoms with E-state index in [4.69, 9.17) is 10.3 Å². The molecular formula is C16H17N3O. The van der Waals surface area contributed by atoms with Crippen LogP contribution in [0.2, 0.25) is 0 Å². The van der Waals surface area contributed by atoms with Gasteiger partial charge in [0.25, 0.3) is 0 Å². The molecule has 3 aromatic rings. The van der Waals surface area contributed by atoms with Crippen molar-refractivity contribution >= 4 is 16.7 Å². The largest absolute Gasteiger partial charge is 0.383 e.